The number of aromatic amines is 1. The van der Waals surface area contributed by atoms with Crippen LogP contribution in [0.25, 0.3) is 0 Å². The van der Waals surface area contributed by atoms with Crippen molar-refractivity contribution in [3.05, 3.63) is 105 Å². The first-order valence-corrected chi connectivity index (χ1v) is 13.1. The number of nitrogens with one attached hydrogen (secondary N) is 1. The Labute approximate surface area is 226 Å². The summed E-state index contributed by atoms with van der Waals surface area (Å²) < 4.78 is 7.12. The molecular formula is C30H33N5O4. The number of nitrogens with zero attached hydrogens (tertiary/aromatic N) is 4. The van der Waals surface area contributed by atoms with Gasteiger partial charge in [0.15, 0.2) is 12.6 Å². The highest BCUT2D eigenvalue weighted by Crippen LogP contribution is 2.28. The summed E-state index contributed by atoms with van der Waals surface area (Å²) in [5.74, 6) is 0.0669. The molecule has 39 heavy (non-hydrogen) atoms. The number of hydrogen-bond donors (Lipinski definition) is 3. The molecule has 0 aliphatic heterocycles. The lowest BCUT2D eigenvalue weighted by molar-refractivity contribution is 0.110. The zero-order valence-electron chi connectivity index (χ0n) is 22.6. The summed E-state index contributed by atoms with van der Waals surface area (Å²) in [6.07, 6.45) is 11.4. The van der Waals surface area contributed by atoms with Gasteiger partial charge in [-0.25, -0.2) is 9.35 Å². The van der Waals surface area contributed by atoms with E-state index in [0.717, 1.165) is 59.3 Å². The minimum Gasteiger partial charge on any atom is -0.506 e. The number of aldehydes is 2. The molecule has 0 unspecified atom stereocenters. The van der Waals surface area contributed by atoms with E-state index in [-0.39, 0.29) is 11.5 Å². The van der Waals surface area contributed by atoms with Crippen LogP contribution >= 0.6 is 0 Å². The van der Waals surface area contributed by atoms with Crippen molar-refractivity contribution in [3.8, 4) is 11.5 Å². The van der Waals surface area contributed by atoms with Gasteiger partial charge in [0.25, 0.3) is 0 Å². The van der Waals surface area contributed by atoms with Crippen molar-refractivity contribution in [2.45, 2.75) is 53.4 Å². The van der Waals surface area contributed by atoms with Crippen LogP contribution in [0.1, 0.15) is 79.9 Å². The van der Waals surface area contributed by atoms with Gasteiger partial charge in [0, 0.05) is 60.1 Å². The van der Waals surface area contributed by atoms with Crippen LogP contribution in [-0.4, -0.2) is 46.5 Å². The van der Waals surface area contributed by atoms with Crippen molar-refractivity contribution in [3.63, 3.8) is 0 Å². The maximum atomic E-state index is 11.6. The van der Waals surface area contributed by atoms with Crippen molar-refractivity contribution in [2.24, 2.45) is 0 Å². The number of hydrogen-bond acceptors (Lipinski definition) is 4. The first kappa shape index (κ1) is 26.0. The Bertz CT molecular complexity index is 1550. The quantitative estimate of drug-likeness (QED) is 0.227. The third kappa shape index (κ3) is 4.71. The second kappa shape index (κ2) is 10.2. The molecular weight excluding hydrogens is 494 g/mol. The number of aryl methyl sites for hydroxylation is 2. The zero-order chi connectivity index (χ0) is 27.8. The molecule has 5 aromatic heterocycles. The Kier molecular flexibility index (Phi) is 6.82. The van der Waals surface area contributed by atoms with Crippen molar-refractivity contribution in [1.29, 1.82) is 0 Å². The van der Waals surface area contributed by atoms with E-state index in [1.165, 1.54) is 35.7 Å². The van der Waals surface area contributed by atoms with Crippen LogP contribution in [-0.2, 0) is 25.7 Å². The van der Waals surface area contributed by atoms with E-state index in [4.69, 9.17) is 0 Å². The standard InChI is InChI=1S/C30H33N5O4/c1-5-27-28(6-2)30(12-22-8-20(4)14-33(22)35-16-26(39)10-24(35)18-37)31-29(27)11-21-7-19(3)13-32(21)34-15-25(38)9-23(34)17-36/h7-10,13-18,31,38-39H,5-6,11-12H2,1-4H3. The molecule has 9 heteroatoms. The van der Waals surface area contributed by atoms with Gasteiger partial charge in [0.05, 0.1) is 12.4 Å². The number of rotatable bonds is 10. The van der Waals surface area contributed by atoms with Crippen molar-refractivity contribution in [1.82, 2.24) is 23.7 Å². The van der Waals surface area contributed by atoms with Gasteiger partial charge in [-0.3, -0.25) is 18.9 Å². The van der Waals surface area contributed by atoms with Crippen LogP contribution in [0.3, 0.4) is 0 Å². The molecule has 5 heterocycles. The van der Waals surface area contributed by atoms with Crippen LogP contribution in [0.15, 0.2) is 49.1 Å². The maximum absolute atomic E-state index is 11.6. The van der Waals surface area contributed by atoms with Crippen LogP contribution < -0.4 is 0 Å². The number of carbonyl (C=O) groups excluding carboxylic acids is 2. The third-order valence-corrected chi connectivity index (χ3v) is 7.18. The minimum atomic E-state index is 0.0334. The average molecular weight is 528 g/mol. The molecule has 0 aliphatic carbocycles. The molecule has 0 saturated heterocycles. The maximum Gasteiger partial charge on any atom is 0.168 e. The van der Waals surface area contributed by atoms with Crippen molar-refractivity contribution in [2.75, 3.05) is 0 Å². The number of aromatic hydroxyl groups is 2. The SMILES string of the molecule is CCc1c(Cc2cc(C)cn2-n2cc(O)cc2C=O)[nH]c(Cc2cc(C)cn2-n2cc(O)cc2C=O)c1CC. The van der Waals surface area contributed by atoms with E-state index < -0.39 is 0 Å². The largest absolute Gasteiger partial charge is 0.506 e. The van der Waals surface area contributed by atoms with E-state index in [0.29, 0.717) is 24.2 Å². The summed E-state index contributed by atoms with van der Waals surface area (Å²) in [6.45, 7) is 8.32. The Morgan fingerprint density at radius 1 is 0.667 bits per heavy atom. The monoisotopic (exact) mass is 527 g/mol. The predicted molar refractivity (Wildman–Crippen MR) is 148 cm³/mol. The lowest BCUT2D eigenvalue weighted by Gasteiger charge is -2.12. The average Bonchev–Trinajstić information content (AvgIpc) is 3.70. The minimum absolute atomic E-state index is 0.0334. The van der Waals surface area contributed by atoms with Crippen LogP contribution in [0.4, 0.5) is 0 Å². The Balaban J connectivity index is 1.55. The van der Waals surface area contributed by atoms with Crippen LogP contribution in [0.5, 0.6) is 11.5 Å². The number of H-pyrrole nitrogens is 1. The van der Waals surface area contributed by atoms with Crippen molar-refractivity contribution >= 4 is 12.6 Å². The van der Waals surface area contributed by atoms with Crippen LogP contribution in [0.2, 0.25) is 0 Å². The summed E-state index contributed by atoms with van der Waals surface area (Å²) in [4.78, 5) is 27.0. The Morgan fingerprint density at radius 2 is 1.08 bits per heavy atom. The fourth-order valence-corrected chi connectivity index (χ4v) is 5.62. The van der Waals surface area contributed by atoms with Gasteiger partial charge in [-0.1, -0.05) is 13.8 Å². The molecule has 0 bridgehead atoms. The summed E-state index contributed by atoms with van der Waals surface area (Å²) in [5.41, 5.74) is 9.53. The molecule has 5 rings (SSSR count). The van der Waals surface area contributed by atoms with E-state index in [2.05, 4.69) is 31.0 Å². The molecule has 0 fully saturated rings. The van der Waals surface area contributed by atoms with Crippen molar-refractivity contribution < 1.29 is 19.8 Å². The lowest BCUT2D eigenvalue weighted by atomic mass is 10.00. The Hall–Kier alpha value is -4.66. The van der Waals surface area contributed by atoms with Gasteiger partial charge in [0.1, 0.15) is 22.9 Å². The predicted octanol–water partition coefficient (Wildman–Crippen LogP) is 4.80. The molecule has 0 aromatic carbocycles. The van der Waals surface area contributed by atoms with Gasteiger partial charge in [-0.05, 0) is 61.1 Å². The van der Waals surface area contributed by atoms with E-state index in [9.17, 15) is 19.8 Å². The second-order valence-corrected chi connectivity index (χ2v) is 9.98. The summed E-state index contributed by atoms with van der Waals surface area (Å²) in [7, 11) is 0. The van der Waals surface area contributed by atoms with Gasteiger partial charge in [-0.2, -0.15) is 0 Å². The highest BCUT2D eigenvalue weighted by molar-refractivity contribution is 5.74. The first-order valence-electron chi connectivity index (χ1n) is 13.1. The van der Waals surface area contributed by atoms with Gasteiger partial charge < -0.3 is 15.2 Å². The van der Waals surface area contributed by atoms with Gasteiger partial charge in [-0.15, -0.1) is 0 Å². The molecule has 0 amide bonds. The topological polar surface area (TPSA) is 110 Å². The molecule has 0 atom stereocenters. The molecule has 3 N–H and O–H groups in total. The smallest absolute Gasteiger partial charge is 0.168 e. The molecule has 0 radical (unpaired) electrons. The summed E-state index contributed by atoms with van der Waals surface area (Å²) >= 11 is 0. The van der Waals surface area contributed by atoms with E-state index in [1.54, 1.807) is 9.35 Å². The first-order chi connectivity index (χ1) is 18.8. The molecule has 202 valence electrons. The second-order valence-electron chi connectivity index (χ2n) is 9.98. The summed E-state index contributed by atoms with van der Waals surface area (Å²) in [5, 5.41) is 20.0. The van der Waals surface area contributed by atoms with Gasteiger partial charge in [0.2, 0.25) is 0 Å². The number of carbonyl (C=O) groups is 2. The van der Waals surface area contributed by atoms with Gasteiger partial charge >= 0.3 is 0 Å². The highest BCUT2D eigenvalue weighted by Gasteiger charge is 2.20. The molecule has 9 nitrogen and oxygen atoms in total. The molecule has 0 saturated carbocycles. The summed E-state index contributed by atoms with van der Waals surface area (Å²) in [6, 6.07) is 7.07. The Morgan fingerprint density at radius 3 is 1.44 bits per heavy atom. The van der Waals surface area contributed by atoms with E-state index in [1.807, 2.05) is 35.6 Å². The molecule has 0 spiro atoms. The van der Waals surface area contributed by atoms with E-state index >= 15 is 0 Å². The lowest BCUT2D eigenvalue weighted by Crippen LogP contribution is -2.14. The molecule has 0 aliphatic rings. The molecule has 5 aromatic rings. The zero-order valence-corrected chi connectivity index (χ0v) is 22.6. The normalized spacial score (nSPS) is 11.4. The third-order valence-electron chi connectivity index (χ3n) is 7.18. The fourth-order valence-electron chi connectivity index (χ4n) is 5.62. The number of aromatic nitrogens is 5. The fraction of sp³-hybridized carbons (Fsp3) is 0.267. The highest BCUT2D eigenvalue weighted by atomic mass is 16.3. The van der Waals surface area contributed by atoms with Crippen LogP contribution in [0, 0.1) is 13.8 Å².